The summed E-state index contributed by atoms with van der Waals surface area (Å²) in [4.78, 5) is 6.83. The molecule has 2 atom stereocenters. The van der Waals surface area contributed by atoms with E-state index >= 15 is 0 Å². The minimum absolute atomic E-state index is 0.240. The second kappa shape index (κ2) is 5.95. The van der Waals surface area contributed by atoms with Gasteiger partial charge in [-0.15, -0.1) is 0 Å². The first-order valence-corrected chi connectivity index (χ1v) is 7.18. The van der Waals surface area contributed by atoms with Crippen molar-refractivity contribution >= 4 is 0 Å². The molecule has 1 fully saturated rings. The Balaban J connectivity index is 1.71. The Morgan fingerprint density at radius 1 is 1.29 bits per heavy atom. The highest BCUT2D eigenvalue weighted by Crippen LogP contribution is 2.21. The molecule has 0 unspecified atom stereocenters. The van der Waals surface area contributed by atoms with Crippen molar-refractivity contribution in [3.63, 3.8) is 0 Å². The zero-order chi connectivity index (χ0) is 14.8. The number of ether oxygens (including phenoxy) is 1. The highest BCUT2D eigenvalue weighted by molar-refractivity contribution is 5.52. The average Bonchev–Trinajstić information content (AvgIpc) is 2.92. The van der Waals surface area contributed by atoms with Crippen molar-refractivity contribution in [1.29, 1.82) is 0 Å². The van der Waals surface area contributed by atoms with Gasteiger partial charge in [0.15, 0.2) is 0 Å². The van der Waals surface area contributed by atoms with E-state index in [0.29, 0.717) is 11.9 Å². The van der Waals surface area contributed by atoms with E-state index in [1.807, 2.05) is 0 Å². The van der Waals surface area contributed by atoms with Gasteiger partial charge in [-0.1, -0.05) is 0 Å². The summed E-state index contributed by atoms with van der Waals surface area (Å²) < 4.78 is 24.1. The minimum Gasteiger partial charge on any atom is -0.444 e. The molecule has 1 aliphatic rings. The molecule has 2 heterocycles. The molecule has 0 bridgehead atoms. The molecule has 0 amide bonds. The normalized spacial score (nSPS) is 23.4. The fourth-order valence-corrected chi connectivity index (χ4v) is 2.50. The molecule has 1 aromatic heterocycles. The van der Waals surface area contributed by atoms with Crippen molar-refractivity contribution in [2.24, 2.45) is 0 Å². The standard InChI is InChI=1S/C16H19FN2O2/c1-11-9-20-12(2)7-19(11)8-15-10-21-16(18-15)13-3-5-14(17)6-4-13/h3-6,10-12H,7-9H2,1-2H3/t11-,12+/m1/s1. The van der Waals surface area contributed by atoms with Crippen LogP contribution in [0.25, 0.3) is 11.5 Å². The van der Waals surface area contributed by atoms with E-state index in [1.165, 1.54) is 12.1 Å². The summed E-state index contributed by atoms with van der Waals surface area (Å²) in [5.74, 6) is 0.264. The molecule has 0 N–H and O–H groups in total. The van der Waals surface area contributed by atoms with Gasteiger partial charge < -0.3 is 9.15 Å². The quantitative estimate of drug-likeness (QED) is 0.870. The second-order valence-electron chi connectivity index (χ2n) is 5.57. The molecule has 0 saturated carbocycles. The van der Waals surface area contributed by atoms with E-state index in [0.717, 1.165) is 31.0 Å². The van der Waals surface area contributed by atoms with Gasteiger partial charge in [0, 0.05) is 24.7 Å². The van der Waals surface area contributed by atoms with Crippen LogP contribution < -0.4 is 0 Å². The Morgan fingerprint density at radius 2 is 2.05 bits per heavy atom. The van der Waals surface area contributed by atoms with Gasteiger partial charge in [-0.3, -0.25) is 4.90 Å². The minimum atomic E-state index is -0.262. The molecule has 3 rings (SSSR count). The average molecular weight is 290 g/mol. The summed E-state index contributed by atoms with van der Waals surface area (Å²) in [7, 11) is 0. The van der Waals surface area contributed by atoms with Crippen molar-refractivity contribution in [1.82, 2.24) is 9.88 Å². The number of morpholine rings is 1. The maximum Gasteiger partial charge on any atom is 0.226 e. The van der Waals surface area contributed by atoms with E-state index < -0.39 is 0 Å². The molecule has 1 aliphatic heterocycles. The van der Waals surface area contributed by atoms with E-state index in [1.54, 1.807) is 18.4 Å². The topological polar surface area (TPSA) is 38.5 Å². The molecule has 0 spiro atoms. The monoisotopic (exact) mass is 290 g/mol. The zero-order valence-corrected chi connectivity index (χ0v) is 12.3. The molecule has 21 heavy (non-hydrogen) atoms. The van der Waals surface area contributed by atoms with Crippen LogP contribution in [0.2, 0.25) is 0 Å². The van der Waals surface area contributed by atoms with Crippen molar-refractivity contribution in [3.8, 4) is 11.5 Å². The summed E-state index contributed by atoms with van der Waals surface area (Å²) in [5, 5.41) is 0. The van der Waals surface area contributed by atoms with Crippen LogP contribution in [0.3, 0.4) is 0 Å². The van der Waals surface area contributed by atoms with Gasteiger partial charge in [0.05, 0.1) is 18.4 Å². The van der Waals surface area contributed by atoms with Gasteiger partial charge in [-0.05, 0) is 38.1 Å². The summed E-state index contributed by atoms with van der Waals surface area (Å²) >= 11 is 0. The number of rotatable bonds is 3. The largest absolute Gasteiger partial charge is 0.444 e. The van der Waals surface area contributed by atoms with E-state index in [9.17, 15) is 4.39 Å². The maximum absolute atomic E-state index is 12.9. The second-order valence-corrected chi connectivity index (χ2v) is 5.57. The Hall–Kier alpha value is -1.72. The molecule has 112 valence electrons. The Bertz CT molecular complexity index is 597. The van der Waals surface area contributed by atoms with Crippen LogP contribution in [0.4, 0.5) is 4.39 Å². The van der Waals surface area contributed by atoms with Crippen LogP contribution in [0, 0.1) is 5.82 Å². The molecule has 5 heteroatoms. The van der Waals surface area contributed by atoms with Crippen LogP contribution in [0.5, 0.6) is 0 Å². The van der Waals surface area contributed by atoms with Crippen LogP contribution >= 0.6 is 0 Å². The van der Waals surface area contributed by atoms with Crippen molar-refractivity contribution in [3.05, 3.63) is 42.0 Å². The summed E-state index contributed by atoms with van der Waals surface area (Å²) in [6.45, 7) is 6.59. The molecule has 1 saturated heterocycles. The predicted molar refractivity (Wildman–Crippen MR) is 77.2 cm³/mol. The summed E-state index contributed by atoms with van der Waals surface area (Å²) in [6, 6.07) is 6.53. The first-order chi connectivity index (χ1) is 10.1. The third kappa shape index (κ3) is 3.31. The van der Waals surface area contributed by atoms with Gasteiger partial charge in [0.2, 0.25) is 5.89 Å². The third-order valence-electron chi connectivity index (χ3n) is 3.74. The lowest BCUT2D eigenvalue weighted by Crippen LogP contribution is -2.46. The lowest BCUT2D eigenvalue weighted by molar-refractivity contribution is -0.0530. The van der Waals surface area contributed by atoms with Gasteiger partial charge >= 0.3 is 0 Å². The molecular formula is C16H19FN2O2. The number of benzene rings is 1. The van der Waals surface area contributed by atoms with Gasteiger partial charge in [0.1, 0.15) is 12.1 Å². The lowest BCUT2D eigenvalue weighted by atomic mass is 10.2. The van der Waals surface area contributed by atoms with Gasteiger partial charge in [-0.2, -0.15) is 0 Å². The van der Waals surface area contributed by atoms with Crippen LogP contribution in [0.15, 0.2) is 34.9 Å². The van der Waals surface area contributed by atoms with E-state index in [2.05, 4.69) is 23.7 Å². The predicted octanol–water partition coefficient (Wildman–Crippen LogP) is 3.09. The lowest BCUT2D eigenvalue weighted by Gasteiger charge is -2.36. The molecule has 0 radical (unpaired) electrons. The number of halogens is 1. The van der Waals surface area contributed by atoms with Crippen LogP contribution in [-0.4, -0.2) is 35.2 Å². The zero-order valence-electron chi connectivity index (χ0n) is 12.3. The summed E-state index contributed by atoms with van der Waals surface area (Å²) in [5.41, 5.74) is 1.67. The van der Waals surface area contributed by atoms with Gasteiger partial charge in [-0.25, -0.2) is 9.37 Å². The Kier molecular flexibility index (Phi) is 4.03. The van der Waals surface area contributed by atoms with Crippen molar-refractivity contribution < 1.29 is 13.5 Å². The highest BCUT2D eigenvalue weighted by atomic mass is 19.1. The number of oxazole rings is 1. The SMILES string of the molecule is C[C@@H]1CO[C@@H](C)CN1Cc1coc(-c2ccc(F)cc2)n1. The fraction of sp³-hybridized carbons (Fsp3) is 0.438. The fourth-order valence-electron chi connectivity index (χ4n) is 2.50. The van der Waals surface area contributed by atoms with E-state index in [-0.39, 0.29) is 11.9 Å². The molecule has 1 aromatic carbocycles. The molecular weight excluding hydrogens is 271 g/mol. The Labute approximate surface area is 123 Å². The summed E-state index contributed by atoms with van der Waals surface area (Å²) in [6.07, 6.45) is 1.91. The number of aromatic nitrogens is 1. The molecule has 2 aromatic rings. The first kappa shape index (κ1) is 14.2. The number of hydrogen-bond acceptors (Lipinski definition) is 4. The van der Waals surface area contributed by atoms with Crippen LogP contribution in [-0.2, 0) is 11.3 Å². The third-order valence-corrected chi connectivity index (χ3v) is 3.74. The van der Waals surface area contributed by atoms with E-state index in [4.69, 9.17) is 9.15 Å². The molecule has 0 aliphatic carbocycles. The molecule has 4 nitrogen and oxygen atoms in total. The smallest absolute Gasteiger partial charge is 0.226 e. The van der Waals surface area contributed by atoms with Gasteiger partial charge in [0.25, 0.3) is 0 Å². The maximum atomic E-state index is 12.9. The van der Waals surface area contributed by atoms with Crippen molar-refractivity contribution in [2.45, 2.75) is 32.5 Å². The van der Waals surface area contributed by atoms with Crippen LogP contribution in [0.1, 0.15) is 19.5 Å². The highest BCUT2D eigenvalue weighted by Gasteiger charge is 2.24. The number of nitrogens with zero attached hydrogens (tertiary/aromatic N) is 2. The first-order valence-electron chi connectivity index (χ1n) is 7.18. The van der Waals surface area contributed by atoms with Crippen molar-refractivity contribution in [2.75, 3.05) is 13.2 Å². The Morgan fingerprint density at radius 3 is 2.81 bits per heavy atom. The number of hydrogen-bond donors (Lipinski definition) is 0.